The third-order valence-electron chi connectivity index (χ3n) is 2.92. The Morgan fingerprint density at radius 1 is 0.870 bits per heavy atom. The van der Waals surface area contributed by atoms with E-state index < -0.39 is 0 Å². The molecule has 2 aromatic heterocycles. The Morgan fingerprint density at radius 3 is 2.43 bits per heavy atom. The van der Waals surface area contributed by atoms with Crippen molar-refractivity contribution < 1.29 is 4.79 Å². The van der Waals surface area contributed by atoms with E-state index in [1.54, 1.807) is 60.9 Å². The van der Waals surface area contributed by atoms with Gasteiger partial charge in [-0.05, 0) is 42.5 Å². The van der Waals surface area contributed by atoms with Crippen molar-refractivity contribution in [2.45, 2.75) is 0 Å². The van der Waals surface area contributed by atoms with Gasteiger partial charge in [-0.3, -0.25) is 9.78 Å². The van der Waals surface area contributed by atoms with Crippen molar-refractivity contribution in [3.05, 3.63) is 78.8 Å². The fourth-order valence-corrected chi connectivity index (χ4v) is 1.86. The van der Waals surface area contributed by atoms with Gasteiger partial charge in [-0.25, -0.2) is 4.98 Å². The standard InChI is InChI=1S/C17H13N5O/c23-17(15-8-1-3-10-18-15)20-13-6-5-7-14(12-13)21-22-16-9-2-4-11-19-16/h1-12H,(H,20,23)/b22-21-. The summed E-state index contributed by atoms with van der Waals surface area (Å²) in [6.45, 7) is 0. The fraction of sp³-hybridized carbons (Fsp3) is 0. The fourth-order valence-electron chi connectivity index (χ4n) is 1.86. The van der Waals surface area contributed by atoms with Crippen LogP contribution >= 0.6 is 0 Å². The Labute approximate surface area is 133 Å². The number of hydrogen-bond donors (Lipinski definition) is 1. The van der Waals surface area contributed by atoms with Gasteiger partial charge < -0.3 is 5.32 Å². The first-order valence-electron chi connectivity index (χ1n) is 6.96. The van der Waals surface area contributed by atoms with Crippen LogP contribution in [0.3, 0.4) is 0 Å². The lowest BCUT2D eigenvalue weighted by atomic mass is 10.2. The largest absolute Gasteiger partial charge is 0.321 e. The Hall–Kier alpha value is -3.41. The maximum absolute atomic E-state index is 12.1. The van der Waals surface area contributed by atoms with E-state index in [0.29, 0.717) is 22.9 Å². The van der Waals surface area contributed by atoms with Crippen molar-refractivity contribution in [3.63, 3.8) is 0 Å². The van der Waals surface area contributed by atoms with Crippen LogP contribution in [0.25, 0.3) is 0 Å². The topological polar surface area (TPSA) is 79.6 Å². The van der Waals surface area contributed by atoms with Crippen molar-refractivity contribution >= 4 is 23.1 Å². The number of nitrogens with one attached hydrogen (secondary N) is 1. The van der Waals surface area contributed by atoms with E-state index in [2.05, 4.69) is 25.5 Å². The van der Waals surface area contributed by atoms with Gasteiger partial charge in [-0.15, -0.1) is 10.2 Å². The summed E-state index contributed by atoms with van der Waals surface area (Å²) in [6.07, 6.45) is 3.23. The molecule has 0 fully saturated rings. The molecule has 23 heavy (non-hydrogen) atoms. The van der Waals surface area contributed by atoms with Crippen LogP contribution in [0.5, 0.6) is 0 Å². The second-order valence-corrected chi connectivity index (χ2v) is 4.61. The number of hydrogen-bond acceptors (Lipinski definition) is 5. The van der Waals surface area contributed by atoms with Crippen molar-refractivity contribution in [2.24, 2.45) is 10.2 Å². The van der Waals surface area contributed by atoms with Crippen LogP contribution in [0.1, 0.15) is 10.5 Å². The van der Waals surface area contributed by atoms with Crippen LogP contribution in [0.4, 0.5) is 17.2 Å². The lowest BCUT2D eigenvalue weighted by Crippen LogP contribution is -2.13. The van der Waals surface area contributed by atoms with Crippen LogP contribution in [0.15, 0.2) is 83.3 Å². The number of nitrogens with zero attached hydrogens (tertiary/aromatic N) is 4. The molecule has 0 unspecified atom stereocenters. The highest BCUT2D eigenvalue weighted by molar-refractivity contribution is 6.02. The third kappa shape index (κ3) is 4.04. The highest BCUT2D eigenvalue weighted by Crippen LogP contribution is 2.20. The van der Waals surface area contributed by atoms with Gasteiger partial charge in [-0.1, -0.05) is 18.2 Å². The SMILES string of the molecule is O=C(Nc1cccc(/N=N\c2ccccn2)c1)c1ccccn1. The van der Waals surface area contributed by atoms with Crippen molar-refractivity contribution in [1.29, 1.82) is 0 Å². The van der Waals surface area contributed by atoms with E-state index in [9.17, 15) is 4.79 Å². The summed E-state index contributed by atoms with van der Waals surface area (Å²) >= 11 is 0. The number of carbonyl (C=O) groups excluding carboxylic acids is 1. The van der Waals surface area contributed by atoms with E-state index >= 15 is 0 Å². The zero-order valence-electron chi connectivity index (χ0n) is 12.1. The Kier molecular flexibility index (Phi) is 4.44. The summed E-state index contributed by atoms with van der Waals surface area (Å²) in [7, 11) is 0. The summed E-state index contributed by atoms with van der Waals surface area (Å²) < 4.78 is 0. The summed E-state index contributed by atoms with van der Waals surface area (Å²) in [5.41, 5.74) is 1.60. The number of rotatable bonds is 4. The van der Waals surface area contributed by atoms with Gasteiger partial charge in [0.2, 0.25) is 0 Å². The molecule has 6 heteroatoms. The molecular weight excluding hydrogens is 290 g/mol. The molecule has 1 amide bonds. The van der Waals surface area contributed by atoms with Gasteiger partial charge in [0.05, 0.1) is 5.69 Å². The maximum atomic E-state index is 12.1. The third-order valence-corrected chi connectivity index (χ3v) is 2.92. The molecule has 0 aliphatic carbocycles. The van der Waals surface area contributed by atoms with E-state index in [0.717, 1.165) is 0 Å². The molecule has 2 heterocycles. The molecule has 0 atom stereocenters. The number of amides is 1. The van der Waals surface area contributed by atoms with Crippen LogP contribution in [-0.4, -0.2) is 15.9 Å². The van der Waals surface area contributed by atoms with Crippen molar-refractivity contribution in [2.75, 3.05) is 5.32 Å². The van der Waals surface area contributed by atoms with Gasteiger partial charge >= 0.3 is 0 Å². The minimum Gasteiger partial charge on any atom is -0.321 e. The van der Waals surface area contributed by atoms with Crippen LogP contribution in [0.2, 0.25) is 0 Å². The Balaban J connectivity index is 1.73. The molecular formula is C17H13N5O. The van der Waals surface area contributed by atoms with E-state index in [1.807, 2.05) is 12.1 Å². The number of aromatic nitrogens is 2. The second-order valence-electron chi connectivity index (χ2n) is 4.61. The first-order valence-corrected chi connectivity index (χ1v) is 6.96. The maximum Gasteiger partial charge on any atom is 0.274 e. The van der Waals surface area contributed by atoms with Gasteiger partial charge in [0, 0.05) is 18.1 Å². The molecule has 112 valence electrons. The Bertz CT molecular complexity index is 819. The highest BCUT2D eigenvalue weighted by atomic mass is 16.1. The zero-order valence-corrected chi connectivity index (χ0v) is 12.1. The van der Waals surface area contributed by atoms with Crippen LogP contribution < -0.4 is 5.32 Å². The van der Waals surface area contributed by atoms with E-state index in [1.165, 1.54) is 0 Å². The van der Waals surface area contributed by atoms with Crippen molar-refractivity contribution in [1.82, 2.24) is 9.97 Å². The smallest absolute Gasteiger partial charge is 0.274 e. The van der Waals surface area contributed by atoms with E-state index in [-0.39, 0.29) is 5.91 Å². The Morgan fingerprint density at radius 2 is 1.70 bits per heavy atom. The molecule has 0 saturated heterocycles. The predicted molar refractivity (Wildman–Crippen MR) is 87.0 cm³/mol. The molecule has 1 N–H and O–H groups in total. The van der Waals surface area contributed by atoms with Crippen LogP contribution in [-0.2, 0) is 0 Å². The predicted octanol–water partition coefficient (Wildman–Crippen LogP) is 4.14. The molecule has 0 aliphatic rings. The lowest BCUT2D eigenvalue weighted by molar-refractivity contribution is 0.102. The summed E-state index contributed by atoms with van der Waals surface area (Å²) in [5.74, 6) is 0.250. The van der Waals surface area contributed by atoms with Gasteiger partial charge in [0.25, 0.3) is 5.91 Å². The summed E-state index contributed by atoms with van der Waals surface area (Å²) in [6, 6.07) is 17.7. The molecule has 0 spiro atoms. The average Bonchev–Trinajstić information content (AvgIpc) is 2.62. The van der Waals surface area contributed by atoms with Gasteiger partial charge in [0.1, 0.15) is 5.69 Å². The molecule has 0 aliphatic heterocycles. The average molecular weight is 303 g/mol. The zero-order chi connectivity index (χ0) is 15.9. The quantitative estimate of drug-likeness (QED) is 0.735. The first-order chi connectivity index (χ1) is 11.3. The lowest BCUT2D eigenvalue weighted by Gasteiger charge is -2.04. The van der Waals surface area contributed by atoms with Gasteiger partial charge in [-0.2, -0.15) is 0 Å². The normalized spacial score (nSPS) is 10.6. The van der Waals surface area contributed by atoms with Crippen LogP contribution in [0, 0.1) is 0 Å². The molecule has 3 aromatic rings. The van der Waals surface area contributed by atoms with Crippen molar-refractivity contribution in [3.8, 4) is 0 Å². The summed E-state index contributed by atoms with van der Waals surface area (Å²) in [4.78, 5) is 20.1. The number of pyridine rings is 2. The monoisotopic (exact) mass is 303 g/mol. The molecule has 3 rings (SSSR count). The van der Waals surface area contributed by atoms with Gasteiger partial charge in [0.15, 0.2) is 5.82 Å². The molecule has 1 aromatic carbocycles. The highest BCUT2D eigenvalue weighted by Gasteiger charge is 2.06. The minimum absolute atomic E-state index is 0.274. The molecule has 0 radical (unpaired) electrons. The first kappa shape index (κ1) is 14.5. The second kappa shape index (κ2) is 7.04. The number of anilines is 1. The number of benzene rings is 1. The molecule has 6 nitrogen and oxygen atoms in total. The molecule has 0 saturated carbocycles. The number of azo groups is 1. The van der Waals surface area contributed by atoms with E-state index in [4.69, 9.17) is 0 Å². The molecule has 0 bridgehead atoms. The minimum atomic E-state index is -0.274. The summed E-state index contributed by atoms with van der Waals surface area (Å²) in [5, 5.41) is 10.9. The number of carbonyl (C=O) groups is 1.